The van der Waals surface area contributed by atoms with E-state index in [2.05, 4.69) is 31.2 Å². The molecule has 1 saturated heterocycles. The van der Waals surface area contributed by atoms with Crippen LogP contribution in [0.5, 0.6) is 0 Å². The molecule has 1 aliphatic rings. The average Bonchev–Trinajstić information content (AvgIpc) is 2.73. The molecule has 0 spiro atoms. The summed E-state index contributed by atoms with van der Waals surface area (Å²) in [6.45, 7) is 11.3. The molecule has 0 aromatic carbocycles. The molecule has 1 aromatic rings. The summed E-state index contributed by atoms with van der Waals surface area (Å²) < 4.78 is 7.72. The summed E-state index contributed by atoms with van der Waals surface area (Å²) in [6, 6.07) is 0.244. The van der Waals surface area contributed by atoms with Crippen molar-refractivity contribution >= 4 is 5.91 Å². The molecule has 136 valence electrons. The summed E-state index contributed by atoms with van der Waals surface area (Å²) in [5.41, 5.74) is 3.37. The SMILES string of the molecule is Cc1nn(C)c(C)c1C[C@H](C)C(=O)N[C@@H]1CCO[C@@H](CC(C)C)C1. The zero-order chi connectivity index (χ0) is 17.9. The van der Waals surface area contributed by atoms with E-state index in [9.17, 15) is 4.79 Å². The molecular weight excluding hydrogens is 302 g/mol. The first kappa shape index (κ1) is 19.0. The number of hydrogen-bond acceptors (Lipinski definition) is 3. The van der Waals surface area contributed by atoms with Gasteiger partial charge in [0.25, 0.3) is 0 Å². The molecule has 24 heavy (non-hydrogen) atoms. The highest BCUT2D eigenvalue weighted by atomic mass is 16.5. The number of nitrogens with zero attached hydrogens (tertiary/aromatic N) is 2. The van der Waals surface area contributed by atoms with Crippen LogP contribution in [-0.4, -0.2) is 34.4 Å². The maximum Gasteiger partial charge on any atom is 0.223 e. The second kappa shape index (κ2) is 8.15. The fourth-order valence-electron chi connectivity index (χ4n) is 3.56. The summed E-state index contributed by atoms with van der Waals surface area (Å²) >= 11 is 0. The molecule has 2 rings (SSSR count). The minimum absolute atomic E-state index is 0.0435. The molecule has 3 atom stereocenters. The highest BCUT2D eigenvalue weighted by Gasteiger charge is 2.26. The smallest absolute Gasteiger partial charge is 0.223 e. The van der Waals surface area contributed by atoms with Crippen molar-refractivity contribution in [1.82, 2.24) is 15.1 Å². The van der Waals surface area contributed by atoms with Crippen LogP contribution in [0, 0.1) is 25.7 Å². The lowest BCUT2D eigenvalue weighted by Crippen LogP contribution is -2.44. The summed E-state index contributed by atoms with van der Waals surface area (Å²) in [6.07, 6.45) is 3.94. The van der Waals surface area contributed by atoms with Gasteiger partial charge in [-0.2, -0.15) is 5.10 Å². The summed E-state index contributed by atoms with van der Waals surface area (Å²) in [5.74, 6) is 0.728. The lowest BCUT2D eigenvalue weighted by molar-refractivity contribution is -0.126. The van der Waals surface area contributed by atoms with Crippen LogP contribution in [0.25, 0.3) is 0 Å². The van der Waals surface area contributed by atoms with Gasteiger partial charge in [-0.15, -0.1) is 0 Å². The Balaban J connectivity index is 1.89. The Morgan fingerprint density at radius 1 is 1.38 bits per heavy atom. The molecule has 0 radical (unpaired) electrons. The van der Waals surface area contributed by atoms with Crippen LogP contribution in [0.2, 0.25) is 0 Å². The van der Waals surface area contributed by atoms with Crippen LogP contribution in [0.1, 0.15) is 57.0 Å². The van der Waals surface area contributed by atoms with Gasteiger partial charge in [0.15, 0.2) is 0 Å². The number of hydrogen-bond donors (Lipinski definition) is 1. The molecule has 1 fully saturated rings. The van der Waals surface area contributed by atoms with E-state index in [4.69, 9.17) is 4.74 Å². The molecule has 1 amide bonds. The van der Waals surface area contributed by atoms with Gasteiger partial charge in [0.2, 0.25) is 5.91 Å². The van der Waals surface area contributed by atoms with Gasteiger partial charge in [0, 0.05) is 31.3 Å². The lowest BCUT2D eigenvalue weighted by Gasteiger charge is -2.31. The molecular formula is C19H33N3O2. The van der Waals surface area contributed by atoms with Gasteiger partial charge >= 0.3 is 0 Å². The third kappa shape index (κ3) is 4.82. The Labute approximate surface area is 146 Å². The van der Waals surface area contributed by atoms with Crippen LogP contribution in [0.3, 0.4) is 0 Å². The van der Waals surface area contributed by atoms with Crippen molar-refractivity contribution in [3.05, 3.63) is 17.0 Å². The predicted octanol–water partition coefficient (Wildman–Crippen LogP) is 2.93. The van der Waals surface area contributed by atoms with Crippen LogP contribution in [-0.2, 0) is 23.0 Å². The lowest BCUT2D eigenvalue weighted by atomic mass is 9.94. The van der Waals surface area contributed by atoms with E-state index in [0.717, 1.165) is 43.7 Å². The zero-order valence-electron chi connectivity index (χ0n) is 16.1. The van der Waals surface area contributed by atoms with E-state index in [0.29, 0.717) is 5.92 Å². The van der Waals surface area contributed by atoms with E-state index < -0.39 is 0 Å². The number of rotatable bonds is 6. The van der Waals surface area contributed by atoms with Crippen molar-refractivity contribution in [2.24, 2.45) is 18.9 Å². The third-order valence-electron chi connectivity index (χ3n) is 5.06. The standard InChI is InChI=1S/C19H33N3O2/c1-12(2)9-17-11-16(7-8-24-17)20-19(23)13(3)10-18-14(4)21-22(6)15(18)5/h12-13,16-17H,7-11H2,1-6H3,(H,20,23)/t13-,16+,17-/m0/s1. The molecule has 0 unspecified atom stereocenters. The molecule has 0 saturated carbocycles. The Morgan fingerprint density at radius 2 is 2.08 bits per heavy atom. The van der Waals surface area contributed by atoms with E-state index in [-0.39, 0.29) is 24.0 Å². The number of carbonyl (C=O) groups excluding carboxylic acids is 1. The Bertz CT molecular complexity index is 565. The highest BCUT2D eigenvalue weighted by Crippen LogP contribution is 2.21. The molecule has 0 aliphatic carbocycles. The number of ether oxygens (including phenoxy) is 1. The van der Waals surface area contributed by atoms with Crippen molar-refractivity contribution in [3.8, 4) is 0 Å². The quantitative estimate of drug-likeness (QED) is 0.869. The Kier molecular flexibility index (Phi) is 6.44. The number of aromatic nitrogens is 2. The molecule has 2 heterocycles. The number of aryl methyl sites for hydroxylation is 2. The maximum absolute atomic E-state index is 12.6. The van der Waals surface area contributed by atoms with Crippen LogP contribution in [0.4, 0.5) is 0 Å². The predicted molar refractivity (Wildman–Crippen MR) is 95.9 cm³/mol. The van der Waals surface area contributed by atoms with Crippen LogP contribution in [0.15, 0.2) is 0 Å². The van der Waals surface area contributed by atoms with E-state index in [1.807, 2.05) is 25.6 Å². The van der Waals surface area contributed by atoms with Gasteiger partial charge < -0.3 is 10.1 Å². The van der Waals surface area contributed by atoms with E-state index >= 15 is 0 Å². The fraction of sp³-hybridized carbons (Fsp3) is 0.789. The summed E-state index contributed by atoms with van der Waals surface area (Å²) in [4.78, 5) is 12.6. The van der Waals surface area contributed by atoms with Crippen molar-refractivity contribution in [1.29, 1.82) is 0 Å². The Hall–Kier alpha value is -1.36. The second-order valence-corrected chi connectivity index (χ2v) is 7.73. The van der Waals surface area contributed by atoms with Gasteiger partial charge in [0.1, 0.15) is 0 Å². The summed E-state index contributed by atoms with van der Waals surface area (Å²) in [7, 11) is 1.95. The highest BCUT2D eigenvalue weighted by molar-refractivity contribution is 5.79. The Morgan fingerprint density at radius 3 is 2.67 bits per heavy atom. The number of carbonyl (C=O) groups is 1. The van der Waals surface area contributed by atoms with Crippen molar-refractivity contribution in [2.45, 2.75) is 72.4 Å². The first-order valence-electron chi connectivity index (χ1n) is 9.19. The first-order valence-corrected chi connectivity index (χ1v) is 9.19. The maximum atomic E-state index is 12.6. The van der Waals surface area contributed by atoms with E-state index in [1.165, 1.54) is 5.56 Å². The minimum atomic E-state index is -0.0435. The van der Waals surface area contributed by atoms with Gasteiger partial charge in [0.05, 0.1) is 11.8 Å². The topological polar surface area (TPSA) is 56.2 Å². The minimum Gasteiger partial charge on any atom is -0.378 e. The number of nitrogens with one attached hydrogen (secondary N) is 1. The molecule has 5 heteroatoms. The normalized spacial score (nSPS) is 22.6. The second-order valence-electron chi connectivity index (χ2n) is 7.73. The van der Waals surface area contributed by atoms with E-state index in [1.54, 1.807) is 0 Å². The third-order valence-corrected chi connectivity index (χ3v) is 5.06. The van der Waals surface area contributed by atoms with Crippen molar-refractivity contribution < 1.29 is 9.53 Å². The first-order chi connectivity index (χ1) is 11.3. The fourth-order valence-corrected chi connectivity index (χ4v) is 3.56. The summed E-state index contributed by atoms with van der Waals surface area (Å²) in [5, 5.41) is 7.69. The largest absolute Gasteiger partial charge is 0.378 e. The van der Waals surface area contributed by atoms with Gasteiger partial charge in [-0.3, -0.25) is 9.48 Å². The van der Waals surface area contributed by atoms with Crippen molar-refractivity contribution in [3.63, 3.8) is 0 Å². The molecule has 1 N–H and O–H groups in total. The monoisotopic (exact) mass is 335 g/mol. The average molecular weight is 335 g/mol. The molecule has 0 bridgehead atoms. The van der Waals surface area contributed by atoms with Gasteiger partial charge in [-0.05, 0) is 51.0 Å². The van der Waals surface area contributed by atoms with Crippen molar-refractivity contribution in [2.75, 3.05) is 6.61 Å². The number of amides is 1. The molecule has 5 nitrogen and oxygen atoms in total. The van der Waals surface area contributed by atoms with Gasteiger partial charge in [-0.1, -0.05) is 20.8 Å². The van der Waals surface area contributed by atoms with Gasteiger partial charge in [-0.25, -0.2) is 0 Å². The van der Waals surface area contributed by atoms with Crippen LogP contribution < -0.4 is 5.32 Å². The van der Waals surface area contributed by atoms with Crippen LogP contribution >= 0.6 is 0 Å². The molecule has 1 aromatic heterocycles. The zero-order valence-corrected chi connectivity index (χ0v) is 16.1. The molecule has 1 aliphatic heterocycles.